The zero-order valence-electron chi connectivity index (χ0n) is 9.04. The number of hydrogen-bond acceptors (Lipinski definition) is 3. The maximum Gasteiger partial charge on any atom is 0.337 e. The van der Waals surface area contributed by atoms with Crippen molar-refractivity contribution in [2.75, 3.05) is 0 Å². The number of carboxylic acids is 2. The summed E-state index contributed by atoms with van der Waals surface area (Å²) in [5.41, 5.74) is 0.0412. The summed E-state index contributed by atoms with van der Waals surface area (Å²) < 4.78 is 0. The molecule has 0 bridgehead atoms. The number of carbonyl (C=O) groups is 2. The first kappa shape index (κ1) is 11.6. The standard InChI is InChI=1S/C13H7NO4/c14-6-11-9-3-2-8(12(15)16)5-7(9)1-4-10(11)13(17)18/h1-5H,(H,15,16)(H,17,18). The first-order valence-corrected chi connectivity index (χ1v) is 4.98. The van der Waals surface area contributed by atoms with Crippen molar-refractivity contribution in [3.8, 4) is 6.07 Å². The van der Waals surface area contributed by atoms with E-state index < -0.39 is 11.9 Å². The number of rotatable bonds is 2. The Morgan fingerprint density at radius 2 is 1.78 bits per heavy atom. The molecule has 0 atom stereocenters. The molecule has 0 spiro atoms. The van der Waals surface area contributed by atoms with E-state index in [0.29, 0.717) is 10.8 Å². The van der Waals surface area contributed by atoms with Crippen LogP contribution in [0.1, 0.15) is 26.3 Å². The van der Waals surface area contributed by atoms with Gasteiger partial charge in [0.05, 0.1) is 16.7 Å². The molecule has 5 nitrogen and oxygen atoms in total. The Morgan fingerprint density at radius 3 is 2.33 bits per heavy atom. The molecule has 2 aromatic carbocycles. The molecular formula is C13H7NO4. The number of fused-ring (bicyclic) bond motifs is 1. The van der Waals surface area contributed by atoms with Crippen LogP contribution in [-0.4, -0.2) is 22.2 Å². The second-order valence-corrected chi connectivity index (χ2v) is 3.65. The molecule has 0 aliphatic heterocycles. The first-order chi connectivity index (χ1) is 8.54. The average Bonchev–Trinajstić information content (AvgIpc) is 2.36. The SMILES string of the molecule is N#Cc1c(C(=O)O)ccc2cc(C(=O)O)ccc12. The van der Waals surface area contributed by atoms with E-state index in [1.807, 2.05) is 6.07 Å². The minimum absolute atomic E-state index is 0.0388. The van der Waals surface area contributed by atoms with Crippen LogP contribution in [0.3, 0.4) is 0 Å². The molecule has 0 saturated carbocycles. The van der Waals surface area contributed by atoms with Gasteiger partial charge in [0.15, 0.2) is 0 Å². The van der Waals surface area contributed by atoms with E-state index in [0.717, 1.165) is 0 Å². The van der Waals surface area contributed by atoms with Gasteiger partial charge in [-0.15, -0.1) is 0 Å². The molecule has 18 heavy (non-hydrogen) atoms. The Hall–Kier alpha value is -2.87. The van der Waals surface area contributed by atoms with Gasteiger partial charge in [0.1, 0.15) is 6.07 Å². The number of aromatic carboxylic acids is 2. The van der Waals surface area contributed by atoms with E-state index in [1.165, 1.54) is 30.3 Å². The molecule has 0 unspecified atom stereocenters. The Labute approximate surface area is 102 Å². The Kier molecular flexibility index (Phi) is 2.70. The highest BCUT2D eigenvalue weighted by atomic mass is 16.4. The minimum atomic E-state index is -1.18. The molecule has 0 aromatic heterocycles. The van der Waals surface area contributed by atoms with E-state index >= 15 is 0 Å². The number of hydrogen-bond donors (Lipinski definition) is 2. The zero-order chi connectivity index (χ0) is 13.3. The first-order valence-electron chi connectivity index (χ1n) is 4.98. The maximum atomic E-state index is 11.0. The molecule has 0 fully saturated rings. The molecule has 0 radical (unpaired) electrons. The zero-order valence-corrected chi connectivity index (χ0v) is 9.04. The molecule has 88 valence electrons. The lowest BCUT2D eigenvalue weighted by molar-refractivity contribution is 0.0685. The van der Waals surface area contributed by atoms with Crippen molar-refractivity contribution in [3.63, 3.8) is 0 Å². The topological polar surface area (TPSA) is 98.4 Å². The minimum Gasteiger partial charge on any atom is -0.478 e. The van der Waals surface area contributed by atoms with Crippen molar-refractivity contribution in [2.45, 2.75) is 0 Å². The summed E-state index contributed by atoms with van der Waals surface area (Å²) in [5, 5.41) is 27.8. The number of nitriles is 1. The van der Waals surface area contributed by atoms with Crippen molar-refractivity contribution >= 4 is 22.7 Å². The fourth-order valence-corrected chi connectivity index (χ4v) is 1.76. The van der Waals surface area contributed by atoms with Crippen LogP contribution in [0, 0.1) is 11.3 Å². The number of carboxylic acid groups (broad SMARTS) is 2. The maximum absolute atomic E-state index is 11.0. The van der Waals surface area contributed by atoms with Crippen LogP contribution in [0.2, 0.25) is 0 Å². The molecule has 2 rings (SSSR count). The van der Waals surface area contributed by atoms with E-state index in [-0.39, 0.29) is 16.7 Å². The highest BCUT2D eigenvalue weighted by Crippen LogP contribution is 2.23. The van der Waals surface area contributed by atoms with Gasteiger partial charge in [-0.2, -0.15) is 5.26 Å². The van der Waals surface area contributed by atoms with Crippen molar-refractivity contribution in [1.82, 2.24) is 0 Å². The Balaban J connectivity index is 2.80. The summed E-state index contributed by atoms with van der Waals surface area (Å²) in [7, 11) is 0. The lowest BCUT2D eigenvalue weighted by Crippen LogP contribution is -2.01. The Morgan fingerprint density at radius 1 is 1.06 bits per heavy atom. The van der Waals surface area contributed by atoms with Crippen LogP contribution in [0.5, 0.6) is 0 Å². The highest BCUT2D eigenvalue weighted by Gasteiger charge is 2.14. The van der Waals surface area contributed by atoms with Crippen LogP contribution in [0.25, 0.3) is 10.8 Å². The molecule has 2 aromatic rings. The van der Waals surface area contributed by atoms with E-state index in [2.05, 4.69) is 0 Å². The summed E-state index contributed by atoms with van der Waals surface area (Å²) in [6, 6.07) is 8.83. The van der Waals surface area contributed by atoms with E-state index in [4.69, 9.17) is 15.5 Å². The van der Waals surface area contributed by atoms with Crippen molar-refractivity contribution < 1.29 is 19.8 Å². The second-order valence-electron chi connectivity index (χ2n) is 3.65. The van der Waals surface area contributed by atoms with Gasteiger partial charge in [-0.25, -0.2) is 9.59 Å². The highest BCUT2D eigenvalue weighted by molar-refractivity contribution is 6.02. The summed E-state index contributed by atoms with van der Waals surface area (Å²) in [5.74, 6) is -2.26. The largest absolute Gasteiger partial charge is 0.478 e. The molecule has 5 heteroatoms. The predicted octanol–water partition coefficient (Wildman–Crippen LogP) is 2.11. The normalized spacial score (nSPS) is 9.94. The van der Waals surface area contributed by atoms with E-state index in [9.17, 15) is 9.59 Å². The van der Waals surface area contributed by atoms with Crippen LogP contribution in [-0.2, 0) is 0 Å². The van der Waals surface area contributed by atoms with Gasteiger partial charge in [-0.05, 0) is 23.6 Å². The molecule has 0 aliphatic carbocycles. The van der Waals surface area contributed by atoms with Crippen LogP contribution in [0.15, 0.2) is 30.3 Å². The van der Waals surface area contributed by atoms with Gasteiger partial charge in [-0.1, -0.05) is 12.1 Å². The molecule has 0 amide bonds. The van der Waals surface area contributed by atoms with E-state index in [1.54, 1.807) is 0 Å². The summed E-state index contributed by atoms with van der Waals surface area (Å²) in [6.07, 6.45) is 0. The quantitative estimate of drug-likeness (QED) is 0.838. The van der Waals surface area contributed by atoms with Crippen molar-refractivity contribution in [2.24, 2.45) is 0 Å². The van der Waals surface area contributed by atoms with Crippen LogP contribution < -0.4 is 0 Å². The number of benzene rings is 2. The monoisotopic (exact) mass is 241 g/mol. The van der Waals surface area contributed by atoms with Gasteiger partial charge < -0.3 is 10.2 Å². The summed E-state index contributed by atoms with van der Waals surface area (Å²) in [4.78, 5) is 21.8. The summed E-state index contributed by atoms with van der Waals surface area (Å²) >= 11 is 0. The van der Waals surface area contributed by atoms with Gasteiger partial charge >= 0.3 is 11.9 Å². The lowest BCUT2D eigenvalue weighted by atomic mass is 9.98. The smallest absolute Gasteiger partial charge is 0.337 e. The van der Waals surface area contributed by atoms with Gasteiger partial charge in [-0.3, -0.25) is 0 Å². The fraction of sp³-hybridized carbons (Fsp3) is 0. The second kappa shape index (κ2) is 4.18. The van der Waals surface area contributed by atoms with Crippen LogP contribution in [0.4, 0.5) is 0 Å². The molecule has 0 aliphatic rings. The summed E-state index contributed by atoms with van der Waals surface area (Å²) in [6.45, 7) is 0. The van der Waals surface area contributed by atoms with Crippen molar-refractivity contribution in [1.29, 1.82) is 5.26 Å². The Bertz CT molecular complexity index is 713. The third-order valence-electron chi connectivity index (χ3n) is 2.61. The molecular weight excluding hydrogens is 234 g/mol. The average molecular weight is 241 g/mol. The molecule has 0 saturated heterocycles. The fourth-order valence-electron chi connectivity index (χ4n) is 1.76. The van der Waals surface area contributed by atoms with Gasteiger partial charge in [0.25, 0.3) is 0 Å². The third-order valence-corrected chi connectivity index (χ3v) is 2.61. The molecule has 0 heterocycles. The van der Waals surface area contributed by atoms with Crippen molar-refractivity contribution in [3.05, 3.63) is 47.0 Å². The predicted molar refractivity (Wildman–Crippen MR) is 62.6 cm³/mol. The molecule has 2 N–H and O–H groups in total. The van der Waals surface area contributed by atoms with Gasteiger partial charge in [0.2, 0.25) is 0 Å². The van der Waals surface area contributed by atoms with Crippen LogP contribution >= 0.6 is 0 Å². The lowest BCUT2D eigenvalue weighted by Gasteiger charge is -2.04. The third kappa shape index (κ3) is 1.76. The van der Waals surface area contributed by atoms with Gasteiger partial charge in [0, 0.05) is 5.39 Å². The number of nitrogens with zero attached hydrogens (tertiary/aromatic N) is 1.